The van der Waals surface area contributed by atoms with Crippen molar-refractivity contribution in [1.82, 2.24) is 4.90 Å². The third-order valence-corrected chi connectivity index (χ3v) is 2.85. The molecule has 0 aliphatic carbocycles. The maximum Gasteiger partial charge on any atom is 0.246 e. The third-order valence-electron chi connectivity index (χ3n) is 2.85. The van der Waals surface area contributed by atoms with Gasteiger partial charge in [-0.15, -0.1) is 0 Å². The van der Waals surface area contributed by atoms with Gasteiger partial charge in [-0.3, -0.25) is 4.79 Å². The molecule has 92 valence electrons. The summed E-state index contributed by atoms with van der Waals surface area (Å²) in [4.78, 5) is 13.1. The van der Waals surface area contributed by atoms with Gasteiger partial charge in [0, 0.05) is 24.5 Å². The molecule has 0 atom stereocenters. The Balaban J connectivity index is 2.08. The van der Waals surface area contributed by atoms with Gasteiger partial charge in [0.25, 0.3) is 0 Å². The van der Waals surface area contributed by atoms with Crippen LogP contribution < -0.4 is 5.73 Å². The number of nitrogens with zero attached hydrogens (tertiary/aromatic N) is 1. The van der Waals surface area contributed by atoms with Crippen LogP contribution in [0.4, 0.5) is 0 Å². The van der Waals surface area contributed by atoms with Crippen LogP contribution in [-0.2, 0) is 11.3 Å². The van der Waals surface area contributed by atoms with Gasteiger partial charge >= 0.3 is 0 Å². The number of carbonyl (C=O) groups excluding carboxylic acids is 1. The minimum atomic E-state index is -0.355. The zero-order valence-corrected chi connectivity index (χ0v) is 10.2. The summed E-state index contributed by atoms with van der Waals surface area (Å²) in [7, 11) is 0. The minimum absolute atomic E-state index is 0.355. The second kappa shape index (κ2) is 5.36. The first-order valence-electron chi connectivity index (χ1n) is 5.83. The summed E-state index contributed by atoms with van der Waals surface area (Å²) in [6.45, 7) is 4.45. The molecule has 18 heavy (non-hydrogen) atoms. The van der Waals surface area contributed by atoms with Crippen molar-refractivity contribution in [3.05, 3.63) is 66.0 Å². The monoisotopic (exact) mass is 240 g/mol. The summed E-state index contributed by atoms with van der Waals surface area (Å²) in [5.41, 5.74) is 8.19. The normalized spacial score (nSPS) is 14.2. The van der Waals surface area contributed by atoms with Crippen LogP contribution in [-0.4, -0.2) is 10.8 Å². The molecule has 0 spiro atoms. The molecule has 1 amide bonds. The molecule has 0 bridgehead atoms. The number of primary amides is 1. The van der Waals surface area contributed by atoms with E-state index in [-0.39, 0.29) is 5.91 Å². The second-order valence-electron chi connectivity index (χ2n) is 4.23. The van der Waals surface area contributed by atoms with Crippen molar-refractivity contribution in [3.63, 3.8) is 0 Å². The Morgan fingerprint density at radius 1 is 1.39 bits per heavy atom. The van der Waals surface area contributed by atoms with Crippen molar-refractivity contribution >= 4 is 12.0 Å². The molecule has 3 heteroatoms. The predicted molar refractivity (Wildman–Crippen MR) is 73.1 cm³/mol. The number of rotatable bonds is 4. The first-order valence-corrected chi connectivity index (χ1v) is 5.83. The molecule has 3 nitrogen and oxygen atoms in total. The van der Waals surface area contributed by atoms with E-state index in [9.17, 15) is 4.79 Å². The van der Waals surface area contributed by atoms with Gasteiger partial charge < -0.3 is 10.6 Å². The molecule has 2 N–H and O–H groups in total. The molecule has 1 aliphatic heterocycles. The summed E-state index contributed by atoms with van der Waals surface area (Å²) in [6.07, 6.45) is 8.15. The lowest BCUT2D eigenvalue weighted by molar-refractivity contribution is -0.114. The molecule has 1 aromatic carbocycles. The van der Waals surface area contributed by atoms with Gasteiger partial charge in [-0.2, -0.15) is 0 Å². The van der Waals surface area contributed by atoms with E-state index in [0.29, 0.717) is 12.0 Å². The van der Waals surface area contributed by atoms with E-state index in [0.717, 1.165) is 12.1 Å². The van der Waals surface area contributed by atoms with E-state index in [1.165, 1.54) is 5.56 Å². The summed E-state index contributed by atoms with van der Waals surface area (Å²) in [5.74, 6) is -0.355. The zero-order valence-electron chi connectivity index (χ0n) is 10.2. The molecular formula is C15H16N2O. The molecule has 1 aliphatic rings. The molecule has 1 aromatic rings. The van der Waals surface area contributed by atoms with Crippen molar-refractivity contribution in [2.75, 3.05) is 0 Å². The van der Waals surface area contributed by atoms with Crippen molar-refractivity contribution in [1.29, 1.82) is 0 Å². The Bertz CT molecular complexity index is 512. The van der Waals surface area contributed by atoms with Crippen molar-refractivity contribution in [3.8, 4) is 0 Å². The van der Waals surface area contributed by atoms with Crippen LogP contribution in [0.2, 0.25) is 0 Å². The quantitative estimate of drug-likeness (QED) is 0.878. The molecular weight excluding hydrogens is 224 g/mol. The van der Waals surface area contributed by atoms with Gasteiger partial charge in [-0.05, 0) is 17.5 Å². The molecule has 0 radical (unpaired) electrons. The first kappa shape index (κ1) is 12.2. The molecule has 0 aromatic heterocycles. The maximum absolute atomic E-state index is 11.1. The molecule has 2 rings (SSSR count). The Morgan fingerprint density at radius 3 is 2.72 bits per heavy atom. The van der Waals surface area contributed by atoms with Crippen LogP contribution in [0.3, 0.4) is 0 Å². The van der Waals surface area contributed by atoms with Crippen molar-refractivity contribution in [2.24, 2.45) is 5.73 Å². The van der Waals surface area contributed by atoms with Crippen LogP contribution in [0.15, 0.2) is 54.9 Å². The number of allylic oxidation sites excluding steroid dienone is 1. The molecule has 0 fully saturated rings. The van der Waals surface area contributed by atoms with E-state index >= 15 is 0 Å². The van der Waals surface area contributed by atoms with Gasteiger partial charge in [-0.1, -0.05) is 43.0 Å². The lowest BCUT2D eigenvalue weighted by atomic mass is 10.1. The van der Waals surface area contributed by atoms with Crippen LogP contribution >= 0.6 is 0 Å². The summed E-state index contributed by atoms with van der Waals surface area (Å²) < 4.78 is 0. The second-order valence-corrected chi connectivity index (χ2v) is 4.23. The van der Waals surface area contributed by atoms with E-state index in [2.05, 4.69) is 18.7 Å². The number of amides is 1. The van der Waals surface area contributed by atoms with E-state index < -0.39 is 0 Å². The number of hydrogen-bond acceptors (Lipinski definition) is 2. The van der Waals surface area contributed by atoms with Gasteiger partial charge in [0.1, 0.15) is 0 Å². The number of hydrogen-bond donors (Lipinski definition) is 1. The van der Waals surface area contributed by atoms with Crippen molar-refractivity contribution in [2.45, 2.75) is 13.0 Å². The average Bonchev–Trinajstić information content (AvgIpc) is 2.40. The molecule has 0 saturated carbocycles. The SMILES string of the molecule is C=Cc1ccc(CN2C=CCC(C(N)=O)=C2)cc1. The third kappa shape index (κ3) is 2.88. The Hall–Kier alpha value is -2.29. The highest BCUT2D eigenvalue weighted by Crippen LogP contribution is 2.15. The van der Waals surface area contributed by atoms with Crippen LogP contribution in [0, 0.1) is 0 Å². The number of carbonyl (C=O) groups is 1. The van der Waals surface area contributed by atoms with E-state index in [1.54, 1.807) is 0 Å². The van der Waals surface area contributed by atoms with E-state index in [4.69, 9.17) is 5.73 Å². The van der Waals surface area contributed by atoms with Gasteiger partial charge in [-0.25, -0.2) is 0 Å². The highest BCUT2D eigenvalue weighted by Gasteiger charge is 2.09. The molecule has 0 unspecified atom stereocenters. The topological polar surface area (TPSA) is 46.3 Å². The number of nitrogens with two attached hydrogens (primary N) is 1. The van der Waals surface area contributed by atoms with Gasteiger partial charge in [0.05, 0.1) is 0 Å². The van der Waals surface area contributed by atoms with Gasteiger partial charge in [0.15, 0.2) is 0 Å². The Labute approximate surface area is 107 Å². The fourth-order valence-electron chi connectivity index (χ4n) is 1.84. The lowest BCUT2D eigenvalue weighted by Crippen LogP contribution is -2.20. The molecule has 0 saturated heterocycles. The number of benzene rings is 1. The van der Waals surface area contributed by atoms with Crippen molar-refractivity contribution < 1.29 is 4.79 Å². The summed E-state index contributed by atoms with van der Waals surface area (Å²) in [5, 5.41) is 0. The maximum atomic E-state index is 11.1. The smallest absolute Gasteiger partial charge is 0.246 e. The van der Waals surface area contributed by atoms with Crippen LogP contribution in [0.25, 0.3) is 6.08 Å². The van der Waals surface area contributed by atoms with Gasteiger partial charge in [0.2, 0.25) is 5.91 Å². The average molecular weight is 240 g/mol. The largest absolute Gasteiger partial charge is 0.366 e. The highest BCUT2D eigenvalue weighted by atomic mass is 16.1. The standard InChI is InChI=1S/C15H16N2O/c1-2-12-5-7-13(8-6-12)10-17-9-3-4-14(11-17)15(16)18/h2-3,5-9,11H,1,4,10H2,(H2,16,18). The van der Waals surface area contributed by atoms with Crippen LogP contribution in [0.5, 0.6) is 0 Å². The summed E-state index contributed by atoms with van der Waals surface area (Å²) >= 11 is 0. The summed E-state index contributed by atoms with van der Waals surface area (Å²) in [6, 6.07) is 8.15. The molecule has 1 heterocycles. The lowest BCUT2D eigenvalue weighted by Gasteiger charge is -2.20. The predicted octanol–water partition coefficient (Wildman–Crippen LogP) is 2.42. The van der Waals surface area contributed by atoms with Crippen LogP contribution in [0.1, 0.15) is 17.5 Å². The van der Waals surface area contributed by atoms with E-state index in [1.807, 2.05) is 41.6 Å². The minimum Gasteiger partial charge on any atom is -0.366 e. The fourth-order valence-corrected chi connectivity index (χ4v) is 1.84. The highest BCUT2D eigenvalue weighted by molar-refractivity contribution is 5.92. The fraction of sp³-hybridized carbons (Fsp3) is 0.133. The first-order chi connectivity index (χ1) is 8.69. The Kier molecular flexibility index (Phi) is 3.63. The Morgan fingerprint density at radius 2 is 2.11 bits per heavy atom. The zero-order chi connectivity index (χ0) is 13.0.